The Morgan fingerprint density at radius 2 is 1.96 bits per heavy atom. The first-order chi connectivity index (χ1) is 13.0. The highest BCUT2D eigenvalue weighted by atomic mass is 19.1. The van der Waals surface area contributed by atoms with E-state index < -0.39 is 0 Å². The maximum absolute atomic E-state index is 13.8. The molecule has 27 heavy (non-hydrogen) atoms. The third-order valence-electron chi connectivity index (χ3n) is 4.44. The van der Waals surface area contributed by atoms with Crippen LogP contribution in [0, 0.1) is 12.7 Å². The fraction of sp³-hybridized carbons (Fsp3) is 0.150. The van der Waals surface area contributed by atoms with Crippen molar-refractivity contribution in [1.29, 1.82) is 0 Å². The minimum atomic E-state index is -0.265. The Morgan fingerprint density at radius 3 is 2.70 bits per heavy atom. The van der Waals surface area contributed by atoms with Gasteiger partial charge in [-0.05, 0) is 36.2 Å². The highest BCUT2D eigenvalue weighted by molar-refractivity contribution is 5.76. The van der Waals surface area contributed by atoms with Crippen LogP contribution in [0.4, 0.5) is 10.3 Å². The van der Waals surface area contributed by atoms with E-state index in [1.54, 1.807) is 29.6 Å². The molecule has 0 saturated heterocycles. The Bertz CT molecular complexity index is 1170. The lowest BCUT2D eigenvalue weighted by Gasteiger charge is -2.18. The number of halogens is 1. The molecule has 1 N–H and O–H groups in total. The highest BCUT2D eigenvalue weighted by Gasteiger charge is 2.14. The largest absolute Gasteiger partial charge is 0.341 e. The minimum Gasteiger partial charge on any atom is -0.341 e. The van der Waals surface area contributed by atoms with Crippen molar-refractivity contribution in [3.63, 3.8) is 0 Å². The molecule has 0 amide bonds. The Hall–Kier alpha value is -3.48. The van der Waals surface area contributed by atoms with Gasteiger partial charge in [-0.2, -0.15) is 10.1 Å². The van der Waals surface area contributed by atoms with Crippen LogP contribution in [-0.2, 0) is 6.54 Å². The summed E-state index contributed by atoms with van der Waals surface area (Å²) in [6, 6.07) is 14.6. The molecule has 0 saturated carbocycles. The van der Waals surface area contributed by atoms with Gasteiger partial charge in [-0.25, -0.2) is 9.07 Å². The van der Waals surface area contributed by atoms with E-state index in [-0.39, 0.29) is 11.4 Å². The van der Waals surface area contributed by atoms with Crippen molar-refractivity contribution in [2.24, 2.45) is 0 Å². The van der Waals surface area contributed by atoms with Crippen molar-refractivity contribution in [1.82, 2.24) is 19.7 Å². The van der Waals surface area contributed by atoms with Gasteiger partial charge < -0.3 is 4.90 Å². The highest BCUT2D eigenvalue weighted by Crippen LogP contribution is 2.17. The average Bonchev–Trinajstić information content (AvgIpc) is 3.10. The van der Waals surface area contributed by atoms with Crippen LogP contribution in [0.3, 0.4) is 0 Å². The van der Waals surface area contributed by atoms with E-state index in [9.17, 15) is 9.18 Å². The predicted octanol–water partition coefficient (Wildman–Crippen LogP) is 3.19. The van der Waals surface area contributed by atoms with E-state index in [0.717, 1.165) is 11.3 Å². The smallest absolute Gasteiger partial charge is 0.263 e. The number of aromatic nitrogens is 4. The van der Waals surface area contributed by atoms with Gasteiger partial charge >= 0.3 is 0 Å². The molecule has 0 aliphatic rings. The molecule has 4 aromatic rings. The molecule has 2 aromatic heterocycles. The van der Waals surface area contributed by atoms with Gasteiger partial charge in [0, 0.05) is 13.6 Å². The number of fused-ring (bicyclic) bond motifs is 1. The molecule has 6 nitrogen and oxygen atoms in total. The molecule has 0 atom stereocenters. The Balaban J connectivity index is 1.73. The number of rotatable bonds is 4. The monoisotopic (exact) mass is 363 g/mol. The van der Waals surface area contributed by atoms with Gasteiger partial charge in [-0.15, -0.1) is 0 Å². The Kier molecular flexibility index (Phi) is 4.19. The Morgan fingerprint density at radius 1 is 1.19 bits per heavy atom. The van der Waals surface area contributed by atoms with Crippen molar-refractivity contribution < 1.29 is 4.39 Å². The summed E-state index contributed by atoms with van der Waals surface area (Å²) in [4.78, 5) is 21.6. The number of hydrogen-bond donors (Lipinski definition) is 1. The molecule has 0 spiro atoms. The summed E-state index contributed by atoms with van der Waals surface area (Å²) in [5, 5.41) is 4.71. The second kappa shape index (κ2) is 6.68. The van der Waals surface area contributed by atoms with E-state index in [0.29, 0.717) is 29.1 Å². The van der Waals surface area contributed by atoms with Gasteiger partial charge in [-0.3, -0.25) is 9.78 Å². The lowest BCUT2D eigenvalue weighted by Crippen LogP contribution is -2.23. The molecular weight excluding hydrogens is 345 g/mol. The standard InChI is InChI=1S/C20H18FN5O/c1-13-8-9-14(10-17(13)21)12-25(2)20-23-18-16(19(27)24-20)11-22-26(18)15-6-4-3-5-7-15/h3-11H,12H2,1-2H3,(H,23,24,27). The number of nitrogens with one attached hydrogen (secondary N) is 1. The topological polar surface area (TPSA) is 66.8 Å². The van der Waals surface area contributed by atoms with Crippen molar-refractivity contribution in [3.05, 3.63) is 82.0 Å². The number of benzene rings is 2. The molecule has 2 aromatic carbocycles. The van der Waals surface area contributed by atoms with Gasteiger partial charge in [0.05, 0.1) is 11.9 Å². The number of anilines is 1. The fourth-order valence-electron chi connectivity index (χ4n) is 2.93. The van der Waals surface area contributed by atoms with Crippen LogP contribution >= 0.6 is 0 Å². The van der Waals surface area contributed by atoms with Crippen molar-refractivity contribution >= 4 is 17.0 Å². The number of nitrogens with zero attached hydrogens (tertiary/aromatic N) is 4. The SMILES string of the molecule is Cc1ccc(CN(C)c2nc3c(cnn3-c3ccccc3)c(=O)[nH]2)cc1F. The number of aryl methyl sites for hydroxylation is 1. The van der Waals surface area contributed by atoms with Crippen LogP contribution in [0.15, 0.2) is 59.5 Å². The molecule has 0 aliphatic heterocycles. The molecule has 0 fully saturated rings. The quantitative estimate of drug-likeness (QED) is 0.605. The summed E-state index contributed by atoms with van der Waals surface area (Å²) < 4.78 is 15.4. The maximum atomic E-state index is 13.8. The second-order valence-electron chi connectivity index (χ2n) is 6.46. The van der Waals surface area contributed by atoms with Crippen LogP contribution in [0.25, 0.3) is 16.7 Å². The molecule has 0 aliphatic carbocycles. The second-order valence-corrected chi connectivity index (χ2v) is 6.46. The summed E-state index contributed by atoms with van der Waals surface area (Å²) in [7, 11) is 1.80. The molecule has 7 heteroatoms. The summed E-state index contributed by atoms with van der Waals surface area (Å²) in [5.41, 5.74) is 2.42. The van der Waals surface area contributed by atoms with Crippen LogP contribution in [0.5, 0.6) is 0 Å². The third kappa shape index (κ3) is 3.19. The minimum absolute atomic E-state index is 0.250. The zero-order valence-electron chi connectivity index (χ0n) is 15.0. The van der Waals surface area contributed by atoms with E-state index in [1.165, 1.54) is 12.3 Å². The number of aromatic amines is 1. The van der Waals surface area contributed by atoms with Gasteiger partial charge in [0.15, 0.2) is 5.65 Å². The normalized spacial score (nSPS) is 11.1. The number of H-pyrrole nitrogens is 1. The molecule has 0 radical (unpaired) electrons. The molecular formula is C20H18FN5O. The zero-order chi connectivity index (χ0) is 19.0. The van der Waals surface area contributed by atoms with Crippen molar-refractivity contribution in [3.8, 4) is 5.69 Å². The van der Waals surface area contributed by atoms with Crippen molar-refractivity contribution in [2.45, 2.75) is 13.5 Å². The van der Waals surface area contributed by atoms with Crippen molar-refractivity contribution in [2.75, 3.05) is 11.9 Å². The molecule has 0 bridgehead atoms. The van der Waals surface area contributed by atoms with E-state index in [1.807, 2.05) is 36.4 Å². The predicted molar refractivity (Wildman–Crippen MR) is 103 cm³/mol. The molecule has 2 heterocycles. The van der Waals surface area contributed by atoms with Gasteiger partial charge in [0.1, 0.15) is 11.2 Å². The summed E-state index contributed by atoms with van der Waals surface area (Å²) in [5.74, 6) is 0.145. The summed E-state index contributed by atoms with van der Waals surface area (Å²) in [6.45, 7) is 2.13. The third-order valence-corrected chi connectivity index (χ3v) is 4.44. The first-order valence-corrected chi connectivity index (χ1v) is 8.52. The summed E-state index contributed by atoms with van der Waals surface area (Å²) in [6.07, 6.45) is 1.51. The fourth-order valence-corrected chi connectivity index (χ4v) is 2.93. The van der Waals surface area contributed by atoms with E-state index in [4.69, 9.17) is 0 Å². The van der Waals surface area contributed by atoms with E-state index in [2.05, 4.69) is 15.1 Å². The Labute approximate surface area is 154 Å². The zero-order valence-corrected chi connectivity index (χ0v) is 15.0. The molecule has 136 valence electrons. The number of hydrogen-bond acceptors (Lipinski definition) is 4. The van der Waals surface area contributed by atoms with Gasteiger partial charge in [0.2, 0.25) is 5.95 Å². The first kappa shape index (κ1) is 17.0. The van der Waals surface area contributed by atoms with Crippen LogP contribution < -0.4 is 10.5 Å². The molecule has 0 unspecified atom stereocenters. The average molecular weight is 363 g/mol. The maximum Gasteiger partial charge on any atom is 0.263 e. The van der Waals surface area contributed by atoms with Gasteiger partial charge in [-0.1, -0.05) is 30.3 Å². The molecule has 4 rings (SSSR count). The van der Waals surface area contributed by atoms with Crippen LogP contribution in [0.1, 0.15) is 11.1 Å². The van der Waals surface area contributed by atoms with Crippen LogP contribution in [-0.4, -0.2) is 26.8 Å². The lowest BCUT2D eigenvalue weighted by atomic mass is 10.1. The van der Waals surface area contributed by atoms with Crippen LogP contribution in [0.2, 0.25) is 0 Å². The lowest BCUT2D eigenvalue weighted by molar-refractivity contribution is 0.615. The summed E-state index contributed by atoms with van der Waals surface area (Å²) >= 11 is 0. The first-order valence-electron chi connectivity index (χ1n) is 8.52. The van der Waals surface area contributed by atoms with Gasteiger partial charge in [0.25, 0.3) is 5.56 Å². The number of para-hydroxylation sites is 1. The van der Waals surface area contributed by atoms with E-state index >= 15 is 0 Å².